The number of nitrogens with zero attached hydrogens (tertiary/aromatic N) is 2. The molecule has 3 aromatic rings. The van der Waals surface area contributed by atoms with Crippen molar-refractivity contribution >= 4 is 57.1 Å². The van der Waals surface area contributed by atoms with Crippen LogP contribution < -0.4 is 10.6 Å². The lowest BCUT2D eigenvalue weighted by Crippen LogP contribution is -2.22. The van der Waals surface area contributed by atoms with Crippen molar-refractivity contribution in [2.75, 3.05) is 10.6 Å². The SMILES string of the molecule is Cc1cccc(Nc2nnc(SC(C)C(=O)Nc3cc(C(F)(F)F)ccc3Cl)s2)c1C. The molecule has 164 valence electrons. The number of carbonyl (C=O) groups is 1. The van der Waals surface area contributed by atoms with E-state index in [1.165, 1.54) is 11.3 Å². The third-order valence-corrected chi connectivity index (χ3v) is 6.80. The summed E-state index contributed by atoms with van der Waals surface area (Å²) in [6, 6.07) is 8.67. The number of aryl methyl sites for hydroxylation is 1. The molecule has 0 saturated carbocycles. The summed E-state index contributed by atoms with van der Waals surface area (Å²) in [6.45, 7) is 5.64. The van der Waals surface area contributed by atoms with Crippen molar-refractivity contribution < 1.29 is 18.0 Å². The van der Waals surface area contributed by atoms with Crippen LogP contribution in [0.15, 0.2) is 40.7 Å². The summed E-state index contributed by atoms with van der Waals surface area (Å²) in [5.74, 6) is -0.495. The Morgan fingerprint density at radius 2 is 1.90 bits per heavy atom. The molecule has 0 aliphatic heterocycles. The molecule has 1 aromatic heterocycles. The van der Waals surface area contributed by atoms with Gasteiger partial charge in [0, 0.05) is 5.69 Å². The maximum Gasteiger partial charge on any atom is 0.416 e. The zero-order valence-corrected chi connectivity index (χ0v) is 19.1. The molecule has 0 spiro atoms. The largest absolute Gasteiger partial charge is 0.416 e. The summed E-state index contributed by atoms with van der Waals surface area (Å²) in [5.41, 5.74) is 2.17. The maximum atomic E-state index is 12.9. The summed E-state index contributed by atoms with van der Waals surface area (Å²) >= 11 is 8.37. The number of aromatic nitrogens is 2. The average molecular weight is 487 g/mol. The molecule has 2 N–H and O–H groups in total. The zero-order chi connectivity index (χ0) is 22.8. The highest BCUT2D eigenvalue weighted by molar-refractivity contribution is 8.02. The van der Waals surface area contributed by atoms with Gasteiger partial charge in [-0.15, -0.1) is 10.2 Å². The molecule has 1 amide bonds. The van der Waals surface area contributed by atoms with Crippen LogP contribution in [-0.4, -0.2) is 21.4 Å². The Kier molecular flexibility index (Phi) is 7.13. The number of hydrogen-bond acceptors (Lipinski definition) is 6. The van der Waals surface area contributed by atoms with Gasteiger partial charge in [0.25, 0.3) is 0 Å². The Labute approximate surface area is 190 Å². The molecule has 0 aliphatic rings. The normalized spacial score (nSPS) is 12.5. The lowest BCUT2D eigenvalue weighted by Gasteiger charge is -2.14. The third kappa shape index (κ3) is 5.90. The fourth-order valence-electron chi connectivity index (χ4n) is 2.55. The first-order valence-electron chi connectivity index (χ1n) is 9.05. The van der Waals surface area contributed by atoms with E-state index < -0.39 is 22.9 Å². The van der Waals surface area contributed by atoms with Crippen molar-refractivity contribution in [1.82, 2.24) is 10.2 Å². The predicted molar refractivity (Wildman–Crippen MR) is 120 cm³/mol. The first-order valence-corrected chi connectivity index (χ1v) is 11.1. The lowest BCUT2D eigenvalue weighted by atomic mass is 10.1. The van der Waals surface area contributed by atoms with Gasteiger partial charge < -0.3 is 10.6 Å². The molecule has 2 aromatic carbocycles. The number of benzene rings is 2. The van der Waals surface area contributed by atoms with Gasteiger partial charge >= 0.3 is 6.18 Å². The molecular weight excluding hydrogens is 469 g/mol. The zero-order valence-electron chi connectivity index (χ0n) is 16.7. The number of rotatable bonds is 6. The first kappa shape index (κ1) is 23.4. The topological polar surface area (TPSA) is 66.9 Å². The van der Waals surface area contributed by atoms with Gasteiger partial charge in [-0.1, -0.05) is 46.8 Å². The Hall–Kier alpha value is -2.30. The summed E-state index contributed by atoms with van der Waals surface area (Å²) in [5, 5.41) is 13.8. The fraction of sp³-hybridized carbons (Fsp3) is 0.250. The van der Waals surface area contributed by atoms with Crippen LogP contribution >= 0.6 is 34.7 Å². The number of halogens is 4. The highest BCUT2D eigenvalue weighted by Gasteiger charge is 2.31. The van der Waals surface area contributed by atoms with Crippen molar-refractivity contribution in [1.29, 1.82) is 0 Å². The van der Waals surface area contributed by atoms with E-state index in [1.807, 2.05) is 32.0 Å². The monoisotopic (exact) mass is 486 g/mol. The van der Waals surface area contributed by atoms with Crippen LogP contribution in [0.3, 0.4) is 0 Å². The number of nitrogens with one attached hydrogen (secondary N) is 2. The molecule has 0 saturated heterocycles. The molecule has 0 aliphatic carbocycles. The van der Waals surface area contributed by atoms with Crippen molar-refractivity contribution in [2.45, 2.75) is 36.5 Å². The smallest absolute Gasteiger partial charge is 0.330 e. The van der Waals surface area contributed by atoms with Crippen molar-refractivity contribution in [3.8, 4) is 0 Å². The van der Waals surface area contributed by atoms with Crippen molar-refractivity contribution in [3.63, 3.8) is 0 Å². The Morgan fingerprint density at radius 3 is 2.61 bits per heavy atom. The van der Waals surface area contributed by atoms with E-state index in [1.54, 1.807) is 6.92 Å². The minimum Gasteiger partial charge on any atom is -0.330 e. The number of carbonyl (C=O) groups excluding carboxylic acids is 1. The van der Waals surface area contributed by atoms with Crippen LogP contribution in [0, 0.1) is 13.8 Å². The summed E-state index contributed by atoms with van der Waals surface area (Å²) in [6.07, 6.45) is -4.53. The van der Waals surface area contributed by atoms with E-state index >= 15 is 0 Å². The quantitative estimate of drug-likeness (QED) is 0.380. The number of alkyl halides is 3. The molecule has 3 rings (SSSR count). The van der Waals surface area contributed by atoms with Gasteiger partial charge in [-0.05, 0) is 56.2 Å². The molecule has 1 unspecified atom stereocenters. The van der Waals surface area contributed by atoms with Crippen molar-refractivity contribution in [3.05, 3.63) is 58.1 Å². The Bertz CT molecular complexity index is 1100. The molecule has 1 heterocycles. The highest BCUT2D eigenvalue weighted by Crippen LogP contribution is 2.35. The van der Waals surface area contributed by atoms with Crippen LogP contribution in [0.5, 0.6) is 0 Å². The summed E-state index contributed by atoms with van der Waals surface area (Å²) in [4.78, 5) is 12.5. The van der Waals surface area contributed by atoms with Gasteiger partial charge in [0.2, 0.25) is 11.0 Å². The van der Waals surface area contributed by atoms with E-state index in [0.717, 1.165) is 46.8 Å². The minimum atomic E-state index is -4.53. The van der Waals surface area contributed by atoms with Crippen molar-refractivity contribution in [2.24, 2.45) is 0 Å². The third-order valence-electron chi connectivity index (χ3n) is 4.45. The van der Waals surface area contributed by atoms with Gasteiger partial charge in [0.05, 0.1) is 21.5 Å². The summed E-state index contributed by atoms with van der Waals surface area (Å²) in [7, 11) is 0. The molecule has 11 heteroatoms. The van der Waals surface area contributed by atoms with Gasteiger partial charge in [0.15, 0.2) is 4.34 Å². The van der Waals surface area contributed by atoms with Crippen LogP contribution in [0.4, 0.5) is 29.7 Å². The number of hydrogen-bond donors (Lipinski definition) is 2. The predicted octanol–water partition coefficient (Wildman–Crippen LogP) is 6.69. The van der Waals surface area contributed by atoms with Gasteiger partial charge in [-0.25, -0.2) is 0 Å². The molecule has 31 heavy (non-hydrogen) atoms. The maximum absolute atomic E-state index is 12.9. The molecule has 0 radical (unpaired) electrons. The van der Waals surface area contributed by atoms with Gasteiger partial charge in [-0.3, -0.25) is 4.79 Å². The van der Waals surface area contributed by atoms with E-state index in [9.17, 15) is 18.0 Å². The fourth-order valence-corrected chi connectivity index (χ4v) is 4.62. The molecule has 0 fully saturated rings. The van der Waals surface area contributed by atoms with Gasteiger partial charge in [0.1, 0.15) is 0 Å². The second-order valence-corrected chi connectivity index (χ2v) is 9.66. The van der Waals surface area contributed by atoms with Gasteiger partial charge in [-0.2, -0.15) is 13.2 Å². The second-order valence-electron chi connectivity index (χ2n) is 6.69. The molecule has 1 atom stereocenters. The van der Waals surface area contributed by atoms with Crippen LogP contribution in [0.25, 0.3) is 0 Å². The molecular formula is C20H18ClF3N4OS2. The summed E-state index contributed by atoms with van der Waals surface area (Å²) < 4.78 is 39.3. The van der Waals surface area contributed by atoms with Crippen LogP contribution in [0.1, 0.15) is 23.6 Å². The number of anilines is 3. The van der Waals surface area contributed by atoms with E-state index in [0.29, 0.717) is 9.47 Å². The second kappa shape index (κ2) is 9.46. The Morgan fingerprint density at radius 1 is 1.16 bits per heavy atom. The number of amides is 1. The minimum absolute atomic E-state index is 0.0227. The van der Waals surface area contributed by atoms with Crippen LogP contribution in [-0.2, 0) is 11.0 Å². The molecule has 5 nitrogen and oxygen atoms in total. The lowest BCUT2D eigenvalue weighted by molar-refractivity contribution is -0.137. The molecule has 0 bridgehead atoms. The Balaban J connectivity index is 1.65. The first-order chi connectivity index (χ1) is 14.5. The van der Waals surface area contributed by atoms with E-state index in [-0.39, 0.29) is 10.7 Å². The van der Waals surface area contributed by atoms with E-state index in [2.05, 4.69) is 20.8 Å². The average Bonchev–Trinajstić information content (AvgIpc) is 3.13. The number of thioether (sulfide) groups is 1. The van der Waals surface area contributed by atoms with Crippen LogP contribution in [0.2, 0.25) is 5.02 Å². The standard InChI is InChI=1S/C20H18ClF3N4OS2/c1-10-5-4-6-15(11(10)2)26-18-27-28-19(31-18)30-12(3)17(29)25-16-9-13(20(22,23)24)7-8-14(16)21/h4-9,12H,1-3H3,(H,25,29)(H,26,27). The highest BCUT2D eigenvalue weighted by atomic mass is 35.5. The van der Waals surface area contributed by atoms with E-state index in [4.69, 9.17) is 11.6 Å².